The largest absolute Gasteiger partial charge is 0.300 e. The van der Waals surface area contributed by atoms with Gasteiger partial charge in [0.05, 0.1) is 5.71 Å². The van der Waals surface area contributed by atoms with E-state index in [0.717, 1.165) is 5.57 Å². The maximum Gasteiger partial charge on any atom is 0.0608 e. The van der Waals surface area contributed by atoms with Crippen molar-refractivity contribution in [1.29, 1.82) is 5.41 Å². The highest BCUT2D eigenvalue weighted by Gasteiger charge is 1.96. The van der Waals surface area contributed by atoms with Crippen LogP contribution >= 0.6 is 0 Å². The van der Waals surface area contributed by atoms with Crippen LogP contribution in [0.4, 0.5) is 0 Å². The Balaban J connectivity index is 2.91. The molecule has 0 aromatic heterocycles. The summed E-state index contributed by atoms with van der Waals surface area (Å²) < 4.78 is 0. The highest BCUT2D eigenvalue weighted by Crippen LogP contribution is 2.05. The zero-order valence-corrected chi connectivity index (χ0v) is 5.39. The molecule has 1 aliphatic carbocycles. The molecular weight excluding hydrogens is 110 g/mol. The van der Waals surface area contributed by atoms with Crippen molar-refractivity contribution in [1.82, 2.24) is 0 Å². The first kappa shape index (κ1) is 6.02. The third-order valence-corrected chi connectivity index (χ3v) is 1.27. The molecule has 1 nitrogen and oxygen atoms in total. The van der Waals surface area contributed by atoms with E-state index in [4.69, 9.17) is 5.41 Å². The monoisotopic (exact) mass is 119 g/mol. The van der Waals surface area contributed by atoms with E-state index in [1.165, 1.54) is 0 Å². The lowest BCUT2D eigenvalue weighted by Gasteiger charge is -2.00. The van der Waals surface area contributed by atoms with E-state index in [1.54, 1.807) is 6.08 Å². The number of hydrogen-bond donors (Lipinski definition) is 1. The molecule has 0 unspecified atom stereocenters. The van der Waals surface area contributed by atoms with E-state index < -0.39 is 0 Å². The van der Waals surface area contributed by atoms with Crippen LogP contribution in [0, 0.1) is 5.41 Å². The topological polar surface area (TPSA) is 23.9 Å². The fourth-order valence-electron chi connectivity index (χ4n) is 0.749. The molecule has 1 aliphatic rings. The molecule has 0 radical (unpaired) electrons. The fourth-order valence-corrected chi connectivity index (χ4v) is 0.749. The Morgan fingerprint density at radius 2 is 2.00 bits per heavy atom. The molecule has 0 saturated heterocycles. The number of allylic oxidation sites excluding steroid dienone is 6. The van der Waals surface area contributed by atoms with Gasteiger partial charge in [-0.25, -0.2) is 0 Å². The van der Waals surface area contributed by atoms with Crippen LogP contribution in [0.25, 0.3) is 0 Å². The Labute approximate surface area is 54.9 Å². The Morgan fingerprint density at radius 1 is 1.33 bits per heavy atom. The van der Waals surface area contributed by atoms with Crippen LogP contribution in [-0.4, -0.2) is 5.71 Å². The molecular formula is C8H9N. The van der Waals surface area contributed by atoms with Crippen molar-refractivity contribution in [2.24, 2.45) is 0 Å². The number of rotatable bonds is 0. The van der Waals surface area contributed by atoms with Gasteiger partial charge in [0.2, 0.25) is 0 Å². The van der Waals surface area contributed by atoms with Gasteiger partial charge in [0.1, 0.15) is 0 Å². The van der Waals surface area contributed by atoms with Gasteiger partial charge in [0.15, 0.2) is 0 Å². The first-order valence-corrected chi connectivity index (χ1v) is 2.94. The predicted molar refractivity (Wildman–Crippen MR) is 39.8 cm³/mol. The van der Waals surface area contributed by atoms with Gasteiger partial charge in [-0.2, -0.15) is 0 Å². The Hall–Kier alpha value is -1.11. The lowest BCUT2D eigenvalue weighted by molar-refractivity contribution is 1.48. The van der Waals surface area contributed by atoms with Crippen molar-refractivity contribution in [3.63, 3.8) is 0 Å². The second-order valence-corrected chi connectivity index (χ2v) is 1.88. The molecule has 0 saturated carbocycles. The van der Waals surface area contributed by atoms with Crippen LogP contribution < -0.4 is 0 Å². The van der Waals surface area contributed by atoms with Crippen LogP contribution in [0.15, 0.2) is 36.0 Å². The van der Waals surface area contributed by atoms with E-state index in [1.807, 2.05) is 31.2 Å². The highest BCUT2D eigenvalue weighted by atomic mass is 14.4. The van der Waals surface area contributed by atoms with Crippen molar-refractivity contribution in [2.75, 3.05) is 0 Å². The Morgan fingerprint density at radius 3 is 2.44 bits per heavy atom. The van der Waals surface area contributed by atoms with Crippen molar-refractivity contribution in [3.8, 4) is 0 Å². The second-order valence-electron chi connectivity index (χ2n) is 1.88. The summed E-state index contributed by atoms with van der Waals surface area (Å²) in [6, 6.07) is 0. The van der Waals surface area contributed by atoms with Gasteiger partial charge in [-0.15, -0.1) is 0 Å². The zero-order valence-electron chi connectivity index (χ0n) is 5.39. The average Bonchev–Trinajstić information content (AvgIpc) is 1.89. The molecule has 0 amide bonds. The third kappa shape index (κ3) is 1.17. The SMILES string of the molecule is CC=C1C=CC=CC1=N. The smallest absolute Gasteiger partial charge is 0.0608 e. The molecule has 0 spiro atoms. The molecule has 0 bridgehead atoms. The van der Waals surface area contributed by atoms with Gasteiger partial charge in [0.25, 0.3) is 0 Å². The summed E-state index contributed by atoms with van der Waals surface area (Å²) in [6.45, 7) is 1.94. The van der Waals surface area contributed by atoms with Gasteiger partial charge in [-0.1, -0.05) is 24.3 Å². The normalized spacial score (nSPS) is 21.4. The minimum absolute atomic E-state index is 0.597. The summed E-state index contributed by atoms with van der Waals surface area (Å²) in [4.78, 5) is 0. The third-order valence-electron chi connectivity index (χ3n) is 1.27. The van der Waals surface area contributed by atoms with Crippen LogP contribution in [0.1, 0.15) is 6.92 Å². The van der Waals surface area contributed by atoms with E-state index in [9.17, 15) is 0 Å². The maximum absolute atomic E-state index is 7.34. The number of nitrogens with one attached hydrogen (secondary N) is 1. The Kier molecular flexibility index (Phi) is 1.63. The maximum atomic E-state index is 7.34. The molecule has 0 aliphatic heterocycles. The van der Waals surface area contributed by atoms with Crippen LogP contribution in [0.3, 0.4) is 0 Å². The molecule has 1 heteroatoms. The first-order chi connectivity index (χ1) is 4.34. The molecule has 1 N–H and O–H groups in total. The quantitative estimate of drug-likeness (QED) is 0.504. The average molecular weight is 119 g/mol. The van der Waals surface area contributed by atoms with E-state index in [0.29, 0.717) is 5.71 Å². The van der Waals surface area contributed by atoms with Crippen LogP contribution in [-0.2, 0) is 0 Å². The summed E-state index contributed by atoms with van der Waals surface area (Å²) in [5.41, 5.74) is 1.59. The summed E-state index contributed by atoms with van der Waals surface area (Å²) in [6.07, 6.45) is 9.46. The molecule has 0 aromatic rings. The van der Waals surface area contributed by atoms with Crippen molar-refractivity contribution >= 4 is 5.71 Å². The summed E-state index contributed by atoms with van der Waals surface area (Å²) in [5, 5.41) is 7.34. The summed E-state index contributed by atoms with van der Waals surface area (Å²) in [5.74, 6) is 0. The van der Waals surface area contributed by atoms with Crippen molar-refractivity contribution in [2.45, 2.75) is 6.92 Å². The van der Waals surface area contributed by atoms with E-state index in [2.05, 4.69) is 0 Å². The zero-order chi connectivity index (χ0) is 6.69. The van der Waals surface area contributed by atoms with Gasteiger partial charge < -0.3 is 5.41 Å². The molecule has 0 atom stereocenters. The van der Waals surface area contributed by atoms with Crippen molar-refractivity contribution < 1.29 is 0 Å². The van der Waals surface area contributed by atoms with E-state index >= 15 is 0 Å². The minimum atomic E-state index is 0.597. The standard InChI is InChI=1S/C8H9N/c1-2-7-5-3-4-6-8(7)9/h2-6,9H,1H3. The van der Waals surface area contributed by atoms with Gasteiger partial charge >= 0.3 is 0 Å². The second kappa shape index (κ2) is 2.44. The van der Waals surface area contributed by atoms with Crippen LogP contribution in [0.5, 0.6) is 0 Å². The van der Waals surface area contributed by atoms with Crippen molar-refractivity contribution in [3.05, 3.63) is 36.0 Å². The first-order valence-electron chi connectivity index (χ1n) is 2.94. The molecule has 0 heterocycles. The molecule has 9 heavy (non-hydrogen) atoms. The molecule has 46 valence electrons. The molecule has 0 fully saturated rings. The molecule has 1 rings (SSSR count). The van der Waals surface area contributed by atoms with Crippen LogP contribution in [0.2, 0.25) is 0 Å². The molecule has 0 aromatic carbocycles. The van der Waals surface area contributed by atoms with E-state index in [-0.39, 0.29) is 0 Å². The lowest BCUT2D eigenvalue weighted by Crippen LogP contribution is -1.95. The number of hydrogen-bond acceptors (Lipinski definition) is 1. The fraction of sp³-hybridized carbons (Fsp3) is 0.125. The highest BCUT2D eigenvalue weighted by molar-refractivity contribution is 6.09. The lowest BCUT2D eigenvalue weighted by atomic mass is 10.1. The summed E-state index contributed by atoms with van der Waals surface area (Å²) >= 11 is 0. The van der Waals surface area contributed by atoms with Gasteiger partial charge in [0, 0.05) is 0 Å². The summed E-state index contributed by atoms with van der Waals surface area (Å²) in [7, 11) is 0. The minimum Gasteiger partial charge on any atom is -0.300 e. The Bertz CT molecular complexity index is 207. The van der Waals surface area contributed by atoms with Gasteiger partial charge in [-0.3, -0.25) is 0 Å². The van der Waals surface area contributed by atoms with Gasteiger partial charge in [-0.05, 0) is 18.6 Å². The predicted octanol–water partition coefficient (Wildman–Crippen LogP) is 2.08.